The molecule has 3 N–H and O–H groups in total. The number of phenols is 1. The van der Waals surface area contributed by atoms with Crippen LogP contribution in [0, 0.1) is 0 Å². The Morgan fingerprint density at radius 2 is 1.39 bits per heavy atom. The minimum absolute atomic E-state index is 0.156. The maximum Gasteiger partial charge on any atom is 0.295 e. The van der Waals surface area contributed by atoms with E-state index < -0.39 is 35.8 Å². The van der Waals surface area contributed by atoms with E-state index in [-0.39, 0.29) is 16.5 Å². The van der Waals surface area contributed by atoms with Gasteiger partial charge in [-0.1, -0.05) is 36.4 Å². The Morgan fingerprint density at radius 3 is 2.06 bits per heavy atom. The van der Waals surface area contributed by atoms with Gasteiger partial charge in [0, 0.05) is 10.8 Å². The molecule has 11 heteroatoms. The van der Waals surface area contributed by atoms with Gasteiger partial charge in [0.1, 0.15) is 10.6 Å². The fourth-order valence-corrected chi connectivity index (χ4v) is 4.37. The normalized spacial score (nSPS) is 12.7. The van der Waals surface area contributed by atoms with Crippen LogP contribution in [0.5, 0.6) is 5.75 Å². The molecule has 0 heterocycles. The van der Waals surface area contributed by atoms with E-state index in [4.69, 9.17) is 0 Å². The summed E-state index contributed by atoms with van der Waals surface area (Å²) in [6.45, 7) is 0. The second-order valence-electron chi connectivity index (χ2n) is 6.63. The highest BCUT2D eigenvalue weighted by Gasteiger charge is 2.21. The molecule has 31 heavy (non-hydrogen) atoms. The molecule has 0 atom stereocenters. The van der Waals surface area contributed by atoms with Gasteiger partial charge in [-0.05, 0) is 41.1 Å². The Bertz CT molecular complexity index is 1600. The summed E-state index contributed by atoms with van der Waals surface area (Å²) in [6.07, 6.45) is 0. The van der Waals surface area contributed by atoms with Crippen molar-refractivity contribution in [1.82, 2.24) is 0 Å². The van der Waals surface area contributed by atoms with Gasteiger partial charge in [-0.3, -0.25) is 9.11 Å². The number of hydrogen-bond donors (Lipinski definition) is 3. The Morgan fingerprint density at radius 1 is 0.677 bits per heavy atom. The summed E-state index contributed by atoms with van der Waals surface area (Å²) in [5, 5.41) is 19.9. The highest BCUT2D eigenvalue weighted by molar-refractivity contribution is 7.86. The second kappa shape index (κ2) is 7.39. The molecule has 0 fully saturated rings. The molecule has 4 rings (SSSR count). The lowest BCUT2D eigenvalue weighted by molar-refractivity contribution is 0.479. The molecule has 0 saturated carbocycles. The van der Waals surface area contributed by atoms with Crippen molar-refractivity contribution < 1.29 is 31.0 Å². The van der Waals surface area contributed by atoms with Gasteiger partial charge in [0.2, 0.25) is 0 Å². The summed E-state index contributed by atoms with van der Waals surface area (Å²) in [7, 11) is -9.38. The Balaban J connectivity index is 1.91. The van der Waals surface area contributed by atoms with E-state index in [1.165, 1.54) is 0 Å². The van der Waals surface area contributed by atoms with Crippen LogP contribution >= 0.6 is 0 Å². The van der Waals surface area contributed by atoms with Gasteiger partial charge < -0.3 is 5.11 Å². The summed E-state index contributed by atoms with van der Waals surface area (Å²) in [5.74, 6) is -0.572. The Labute approximate surface area is 176 Å². The van der Waals surface area contributed by atoms with E-state index in [2.05, 4.69) is 10.2 Å². The lowest BCUT2D eigenvalue weighted by atomic mass is 10.1. The number of aromatic hydroxyl groups is 1. The van der Waals surface area contributed by atoms with Crippen LogP contribution in [0.3, 0.4) is 0 Å². The summed E-state index contributed by atoms with van der Waals surface area (Å²) < 4.78 is 65.4. The fourth-order valence-electron chi connectivity index (χ4n) is 3.14. The van der Waals surface area contributed by atoms with E-state index in [9.17, 15) is 31.0 Å². The molecule has 0 aromatic heterocycles. The van der Waals surface area contributed by atoms with E-state index in [0.717, 1.165) is 35.0 Å². The molecule has 0 amide bonds. The van der Waals surface area contributed by atoms with Crippen LogP contribution < -0.4 is 0 Å². The molecule has 9 nitrogen and oxygen atoms in total. The number of fused-ring (bicyclic) bond motifs is 2. The molecule has 158 valence electrons. The maximum absolute atomic E-state index is 11.8. The van der Waals surface area contributed by atoms with Crippen LogP contribution in [0.2, 0.25) is 0 Å². The van der Waals surface area contributed by atoms with Crippen molar-refractivity contribution in [3.8, 4) is 5.75 Å². The first-order chi connectivity index (χ1) is 14.5. The van der Waals surface area contributed by atoms with E-state index in [1.807, 2.05) is 30.3 Å². The minimum atomic E-state index is -4.75. The average molecular weight is 458 g/mol. The smallest absolute Gasteiger partial charge is 0.295 e. The highest BCUT2D eigenvalue weighted by atomic mass is 32.2. The molecule has 0 spiro atoms. The van der Waals surface area contributed by atoms with E-state index in [0.29, 0.717) is 5.69 Å². The van der Waals surface area contributed by atoms with Gasteiger partial charge in [-0.15, -0.1) is 5.11 Å². The molecular weight excluding hydrogens is 444 g/mol. The first kappa shape index (κ1) is 20.9. The molecule has 0 aliphatic carbocycles. The summed E-state index contributed by atoms with van der Waals surface area (Å²) in [4.78, 5) is -1.17. The van der Waals surface area contributed by atoms with Gasteiger partial charge in [0.25, 0.3) is 20.2 Å². The quantitative estimate of drug-likeness (QED) is 0.298. The van der Waals surface area contributed by atoms with Crippen LogP contribution in [0.1, 0.15) is 0 Å². The van der Waals surface area contributed by atoms with Crippen molar-refractivity contribution in [2.45, 2.75) is 9.79 Å². The first-order valence-corrected chi connectivity index (χ1v) is 11.6. The predicted molar refractivity (Wildman–Crippen MR) is 113 cm³/mol. The SMILES string of the molecule is O=S(=O)(O)c1ccc2c(S(=O)(=O)O)cc(N=Nc3ccc4ccccc4c3)c(O)c2c1. The average Bonchev–Trinajstić information content (AvgIpc) is 2.71. The molecule has 0 unspecified atom stereocenters. The highest BCUT2D eigenvalue weighted by Crippen LogP contribution is 2.40. The molecule has 4 aromatic carbocycles. The van der Waals surface area contributed by atoms with E-state index in [1.54, 1.807) is 12.1 Å². The lowest BCUT2D eigenvalue weighted by Crippen LogP contribution is -2.01. The third-order valence-electron chi connectivity index (χ3n) is 4.60. The Kier molecular flexibility index (Phi) is 4.98. The molecule has 0 aliphatic rings. The van der Waals surface area contributed by atoms with Gasteiger partial charge >= 0.3 is 0 Å². The molecule has 0 bridgehead atoms. The maximum atomic E-state index is 11.8. The van der Waals surface area contributed by atoms with Crippen LogP contribution in [-0.2, 0) is 20.2 Å². The zero-order valence-electron chi connectivity index (χ0n) is 15.5. The van der Waals surface area contributed by atoms with Crippen molar-refractivity contribution in [3.05, 3.63) is 66.7 Å². The number of hydrogen-bond acceptors (Lipinski definition) is 7. The molecular formula is C20H14N2O7S2. The zero-order valence-corrected chi connectivity index (χ0v) is 17.2. The van der Waals surface area contributed by atoms with Crippen molar-refractivity contribution in [2.75, 3.05) is 0 Å². The number of nitrogens with zero attached hydrogens (tertiary/aromatic N) is 2. The standard InChI is InChI=1S/C20H14N2O7S2/c23-20-17-10-15(30(24,25)26)7-8-16(17)19(31(27,28)29)11-18(20)22-21-14-6-5-12-3-1-2-4-13(12)9-14/h1-11,23H,(H,24,25,26)(H,27,28,29). The van der Waals surface area contributed by atoms with Gasteiger partial charge in [-0.25, -0.2) is 0 Å². The number of benzene rings is 4. The first-order valence-electron chi connectivity index (χ1n) is 8.69. The second-order valence-corrected chi connectivity index (χ2v) is 9.44. The summed E-state index contributed by atoms with van der Waals surface area (Å²) >= 11 is 0. The number of rotatable bonds is 4. The van der Waals surface area contributed by atoms with Crippen molar-refractivity contribution >= 4 is 53.2 Å². The number of azo groups is 1. The van der Waals surface area contributed by atoms with Crippen LogP contribution in [0.15, 0.2) is 86.7 Å². The van der Waals surface area contributed by atoms with Gasteiger partial charge in [0.15, 0.2) is 5.75 Å². The summed E-state index contributed by atoms with van der Waals surface area (Å²) in [5.41, 5.74) is 0.0964. The van der Waals surface area contributed by atoms with Crippen molar-refractivity contribution in [1.29, 1.82) is 0 Å². The van der Waals surface area contributed by atoms with Crippen molar-refractivity contribution in [2.24, 2.45) is 10.2 Å². The largest absolute Gasteiger partial charge is 0.505 e. The van der Waals surface area contributed by atoms with Gasteiger partial charge in [0.05, 0.1) is 10.6 Å². The molecule has 0 aliphatic heterocycles. The molecule has 4 aromatic rings. The van der Waals surface area contributed by atoms with E-state index >= 15 is 0 Å². The van der Waals surface area contributed by atoms with Gasteiger partial charge in [-0.2, -0.15) is 21.9 Å². The Hall–Kier alpha value is -3.38. The predicted octanol–water partition coefficient (Wildman–Crippen LogP) is 4.61. The topological polar surface area (TPSA) is 154 Å². The number of phenolic OH excluding ortho intramolecular Hbond substituents is 1. The van der Waals surface area contributed by atoms with Crippen LogP contribution in [-0.4, -0.2) is 31.0 Å². The van der Waals surface area contributed by atoms with Crippen LogP contribution in [0.4, 0.5) is 11.4 Å². The molecule has 0 radical (unpaired) electrons. The van der Waals surface area contributed by atoms with Crippen LogP contribution in [0.25, 0.3) is 21.5 Å². The third-order valence-corrected chi connectivity index (χ3v) is 6.35. The lowest BCUT2D eigenvalue weighted by Gasteiger charge is -2.09. The summed E-state index contributed by atoms with van der Waals surface area (Å²) in [6, 6.07) is 16.5. The third kappa shape index (κ3) is 4.11. The fraction of sp³-hybridized carbons (Fsp3) is 0. The minimum Gasteiger partial charge on any atom is -0.505 e. The zero-order chi connectivity index (χ0) is 22.4. The molecule has 0 saturated heterocycles. The van der Waals surface area contributed by atoms with Crippen molar-refractivity contribution in [3.63, 3.8) is 0 Å². The monoisotopic (exact) mass is 458 g/mol.